The molecule has 0 fully saturated rings. The van der Waals surface area contributed by atoms with E-state index in [1.54, 1.807) is 11.5 Å². The van der Waals surface area contributed by atoms with Gasteiger partial charge in [-0.2, -0.15) is 0 Å². The van der Waals surface area contributed by atoms with Crippen molar-refractivity contribution in [2.75, 3.05) is 17.7 Å². The number of amides is 1. The van der Waals surface area contributed by atoms with Crippen molar-refractivity contribution in [2.45, 2.75) is 12.1 Å². The van der Waals surface area contributed by atoms with Crippen LogP contribution in [0.4, 0.5) is 5.00 Å². The van der Waals surface area contributed by atoms with Gasteiger partial charge >= 0.3 is 5.97 Å². The SMILES string of the molecule is CCOC(=O)c1c(-c2ccccc2)csc1NC(=O)CSc1nc2scc(-c3ccccc3)c2c(=O)n1-c1ccccc1. The van der Waals surface area contributed by atoms with Gasteiger partial charge in [0.25, 0.3) is 5.56 Å². The Hall–Kier alpha value is -4.51. The molecule has 6 aromatic rings. The summed E-state index contributed by atoms with van der Waals surface area (Å²) in [6.07, 6.45) is 0. The lowest BCUT2D eigenvalue weighted by molar-refractivity contribution is -0.113. The molecule has 3 aromatic heterocycles. The monoisotopic (exact) mass is 623 g/mol. The first-order chi connectivity index (χ1) is 21.0. The molecule has 1 N–H and O–H groups in total. The minimum absolute atomic E-state index is 0.0253. The van der Waals surface area contributed by atoms with Gasteiger partial charge in [-0.3, -0.25) is 14.2 Å². The van der Waals surface area contributed by atoms with Crippen LogP contribution in [0, 0.1) is 0 Å². The number of anilines is 1. The Labute approximate surface area is 259 Å². The van der Waals surface area contributed by atoms with E-state index in [0.717, 1.165) is 16.7 Å². The molecule has 3 heterocycles. The van der Waals surface area contributed by atoms with Crippen LogP contribution >= 0.6 is 34.4 Å². The second-order valence-electron chi connectivity index (χ2n) is 9.34. The Balaban J connectivity index is 1.32. The fraction of sp³-hybridized carbons (Fsp3) is 0.0909. The maximum absolute atomic E-state index is 14.0. The van der Waals surface area contributed by atoms with E-state index in [1.165, 1.54) is 34.4 Å². The van der Waals surface area contributed by atoms with Crippen LogP contribution in [-0.4, -0.2) is 33.8 Å². The topological polar surface area (TPSA) is 90.3 Å². The van der Waals surface area contributed by atoms with Gasteiger partial charge in [-0.1, -0.05) is 90.6 Å². The summed E-state index contributed by atoms with van der Waals surface area (Å²) in [5, 5.41) is 8.04. The third kappa shape index (κ3) is 5.90. The summed E-state index contributed by atoms with van der Waals surface area (Å²) >= 11 is 3.84. The number of aromatic nitrogens is 2. The zero-order chi connectivity index (χ0) is 29.8. The summed E-state index contributed by atoms with van der Waals surface area (Å²) in [4.78, 5) is 45.7. The maximum Gasteiger partial charge on any atom is 0.341 e. The first-order valence-electron chi connectivity index (χ1n) is 13.5. The first-order valence-corrected chi connectivity index (χ1v) is 16.2. The molecule has 0 aliphatic rings. The number of carbonyl (C=O) groups is 2. The van der Waals surface area contributed by atoms with Crippen LogP contribution in [0.5, 0.6) is 0 Å². The lowest BCUT2D eigenvalue weighted by Crippen LogP contribution is -2.23. The third-order valence-electron chi connectivity index (χ3n) is 6.62. The molecule has 0 radical (unpaired) electrons. The minimum atomic E-state index is -0.498. The molecule has 0 aliphatic heterocycles. The Morgan fingerprint density at radius 1 is 0.860 bits per heavy atom. The Morgan fingerprint density at radius 3 is 2.12 bits per heavy atom. The van der Waals surface area contributed by atoms with Crippen molar-refractivity contribution >= 4 is 61.5 Å². The Morgan fingerprint density at radius 2 is 1.47 bits per heavy atom. The first kappa shape index (κ1) is 28.6. The molecule has 6 rings (SSSR count). The van der Waals surface area contributed by atoms with E-state index in [1.807, 2.05) is 102 Å². The molecule has 3 aromatic carbocycles. The number of thiophene rings is 2. The van der Waals surface area contributed by atoms with Crippen molar-refractivity contribution < 1.29 is 14.3 Å². The number of para-hydroxylation sites is 1. The van der Waals surface area contributed by atoms with Gasteiger partial charge in [-0.05, 0) is 30.2 Å². The summed E-state index contributed by atoms with van der Waals surface area (Å²) in [6.45, 7) is 1.96. The highest BCUT2D eigenvalue weighted by Gasteiger charge is 2.24. The number of hydrogen-bond acceptors (Lipinski definition) is 8. The van der Waals surface area contributed by atoms with E-state index in [9.17, 15) is 14.4 Å². The smallest absolute Gasteiger partial charge is 0.341 e. The van der Waals surface area contributed by atoms with Gasteiger partial charge < -0.3 is 10.1 Å². The number of hydrogen-bond donors (Lipinski definition) is 1. The summed E-state index contributed by atoms with van der Waals surface area (Å²) in [6, 6.07) is 28.5. The fourth-order valence-corrected chi connectivity index (χ4v) is 7.46. The highest BCUT2D eigenvalue weighted by atomic mass is 32.2. The van der Waals surface area contributed by atoms with Crippen molar-refractivity contribution in [1.29, 1.82) is 0 Å². The molecule has 0 spiro atoms. The molecule has 7 nitrogen and oxygen atoms in total. The van der Waals surface area contributed by atoms with Gasteiger partial charge in [0.05, 0.1) is 23.4 Å². The van der Waals surface area contributed by atoms with Crippen molar-refractivity contribution in [1.82, 2.24) is 9.55 Å². The van der Waals surface area contributed by atoms with Gasteiger partial charge in [-0.15, -0.1) is 22.7 Å². The number of nitrogens with zero attached hydrogens (tertiary/aromatic N) is 2. The molecule has 43 heavy (non-hydrogen) atoms. The Kier molecular flexibility index (Phi) is 8.50. The predicted molar refractivity (Wildman–Crippen MR) is 176 cm³/mol. The lowest BCUT2D eigenvalue weighted by Gasteiger charge is -2.13. The minimum Gasteiger partial charge on any atom is -0.462 e. The second-order valence-corrected chi connectivity index (χ2v) is 12.0. The maximum atomic E-state index is 14.0. The zero-order valence-corrected chi connectivity index (χ0v) is 25.4. The van der Waals surface area contributed by atoms with Crippen LogP contribution in [0.2, 0.25) is 0 Å². The number of ether oxygens (including phenoxy) is 1. The zero-order valence-electron chi connectivity index (χ0n) is 23.0. The number of thioether (sulfide) groups is 1. The number of esters is 1. The third-order valence-corrected chi connectivity index (χ3v) is 9.32. The standard InChI is InChI=1S/C33H25N3O4S3/c1-2-40-32(39)28-25(22-14-8-4-9-15-22)19-42-30(28)34-26(37)20-43-33-35-29-27(24(18-41-29)21-12-6-3-7-13-21)31(38)36(33)23-16-10-5-11-17-23/h3-19H,2,20H2,1H3,(H,34,37). The second kappa shape index (κ2) is 12.8. The van der Waals surface area contributed by atoms with Crippen LogP contribution in [0.1, 0.15) is 17.3 Å². The average Bonchev–Trinajstić information content (AvgIpc) is 3.66. The quantitative estimate of drug-likeness (QED) is 0.101. The summed E-state index contributed by atoms with van der Waals surface area (Å²) in [7, 11) is 0. The van der Waals surface area contributed by atoms with Crippen molar-refractivity contribution in [3.05, 3.63) is 118 Å². The molecular formula is C33H25N3O4S3. The summed E-state index contributed by atoms with van der Waals surface area (Å²) < 4.78 is 6.87. The molecule has 0 unspecified atom stereocenters. The number of fused-ring (bicyclic) bond motifs is 1. The predicted octanol–water partition coefficient (Wildman–Crippen LogP) is 7.75. The van der Waals surface area contributed by atoms with Gasteiger partial charge in [0.15, 0.2) is 5.16 Å². The fourth-order valence-electron chi connectivity index (χ4n) is 4.68. The molecular weight excluding hydrogens is 599 g/mol. The van der Waals surface area contributed by atoms with Crippen molar-refractivity contribution in [3.63, 3.8) is 0 Å². The molecule has 0 atom stereocenters. The summed E-state index contributed by atoms with van der Waals surface area (Å²) in [5.74, 6) is -0.854. The van der Waals surface area contributed by atoms with Crippen molar-refractivity contribution in [3.8, 4) is 27.9 Å². The highest BCUT2D eigenvalue weighted by molar-refractivity contribution is 7.99. The van der Waals surface area contributed by atoms with Gasteiger partial charge in [0.1, 0.15) is 15.4 Å². The van der Waals surface area contributed by atoms with Crippen LogP contribution in [-0.2, 0) is 9.53 Å². The van der Waals surface area contributed by atoms with Crippen molar-refractivity contribution in [2.24, 2.45) is 0 Å². The van der Waals surface area contributed by atoms with Gasteiger partial charge in [0, 0.05) is 21.9 Å². The lowest BCUT2D eigenvalue weighted by atomic mass is 10.0. The Bertz CT molecular complexity index is 1970. The highest BCUT2D eigenvalue weighted by Crippen LogP contribution is 2.37. The van der Waals surface area contributed by atoms with E-state index in [-0.39, 0.29) is 23.8 Å². The average molecular weight is 624 g/mol. The molecule has 0 aliphatic carbocycles. The number of carbonyl (C=O) groups excluding carboxylic acids is 2. The number of rotatable bonds is 9. The van der Waals surface area contributed by atoms with Crippen LogP contribution in [0.25, 0.3) is 38.2 Å². The molecule has 10 heteroatoms. The van der Waals surface area contributed by atoms with Crippen LogP contribution < -0.4 is 10.9 Å². The largest absolute Gasteiger partial charge is 0.462 e. The van der Waals surface area contributed by atoms with E-state index < -0.39 is 5.97 Å². The molecule has 0 saturated carbocycles. The molecule has 0 bridgehead atoms. The molecule has 214 valence electrons. The van der Waals surface area contributed by atoms with Crippen LogP contribution in [0.15, 0.2) is 112 Å². The van der Waals surface area contributed by atoms with E-state index in [0.29, 0.717) is 37.2 Å². The number of nitrogens with one attached hydrogen (secondary N) is 1. The summed E-state index contributed by atoms with van der Waals surface area (Å²) in [5.41, 5.74) is 4.10. The van der Waals surface area contributed by atoms with Gasteiger partial charge in [0.2, 0.25) is 5.91 Å². The molecule has 0 saturated heterocycles. The normalized spacial score (nSPS) is 11.0. The van der Waals surface area contributed by atoms with Gasteiger partial charge in [-0.25, -0.2) is 9.78 Å². The molecule has 1 amide bonds. The number of benzene rings is 3. The van der Waals surface area contributed by atoms with E-state index in [2.05, 4.69) is 5.32 Å². The van der Waals surface area contributed by atoms with E-state index in [4.69, 9.17) is 9.72 Å². The van der Waals surface area contributed by atoms with Crippen LogP contribution in [0.3, 0.4) is 0 Å². The van der Waals surface area contributed by atoms with E-state index >= 15 is 0 Å².